The summed E-state index contributed by atoms with van der Waals surface area (Å²) in [5.41, 5.74) is 1.82. The summed E-state index contributed by atoms with van der Waals surface area (Å²) in [5.74, 6) is 1.05. The molecule has 0 aliphatic carbocycles. The second kappa shape index (κ2) is 5.11. The number of rotatable bonds is 3. The molecule has 0 aliphatic heterocycles. The Balaban J connectivity index is 2.07. The highest BCUT2D eigenvalue weighted by Crippen LogP contribution is 2.22. The summed E-state index contributed by atoms with van der Waals surface area (Å²) in [6.07, 6.45) is 0. The van der Waals surface area contributed by atoms with E-state index in [0.717, 1.165) is 16.9 Å². The Bertz CT molecular complexity index is 506. The van der Waals surface area contributed by atoms with Crippen LogP contribution in [0.4, 0.5) is 0 Å². The Morgan fingerprint density at radius 2 is 1.82 bits per heavy atom. The minimum atomic E-state index is 0.294. The van der Waals surface area contributed by atoms with E-state index in [1.54, 1.807) is 18.2 Å². The lowest BCUT2D eigenvalue weighted by Crippen LogP contribution is -1.97. The fourth-order valence-electron chi connectivity index (χ4n) is 1.52. The number of phenolic OH excluding ortho intramolecular Hbond substituents is 1. The first kappa shape index (κ1) is 11.8. The maximum absolute atomic E-state index is 9.56. The summed E-state index contributed by atoms with van der Waals surface area (Å²) in [4.78, 5) is 0. The number of benzene rings is 2. The van der Waals surface area contributed by atoms with Gasteiger partial charge in [0.2, 0.25) is 0 Å². The van der Waals surface area contributed by atoms with Crippen molar-refractivity contribution >= 4 is 11.6 Å². The highest BCUT2D eigenvalue weighted by Gasteiger charge is 2.03. The maximum Gasteiger partial charge on any atom is 0.119 e. The van der Waals surface area contributed by atoms with Gasteiger partial charge in [-0.15, -0.1) is 0 Å². The lowest BCUT2D eigenvalue weighted by Gasteiger charge is -2.09. The topological polar surface area (TPSA) is 29.5 Å². The summed E-state index contributed by atoms with van der Waals surface area (Å²) >= 11 is 5.79. The molecule has 0 radical (unpaired) electrons. The van der Waals surface area contributed by atoms with Crippen LogP contribution < -0.4 is 4.74 Å². The van der Waals surface area contributed by atoms with E-state index in [0.29, 0.717) is 17.4 Å². The Morgan fingerprint density at radius 3 is 2.53 bits per heavy atom. The average Bonchev–Trinajstić information content (AvgIpc) is 2.33. The zero-order chi connectivity index (χ0) is 12.3. The average molecular weight is 249 g/mol. The van der Waals surface area contributed by atoms with Crippen LogP contribution in [0.1, 0.15) is 11.1 Å². The van der Waals surface area contributed by atoms with E-state index in [-0.39, 0.29) is 0 Å². The molecule has 0 atom stereocenters. The van der Waals surface area contributed by atoms with Crippen molar-refractivity contribution in [2.24, 2.45) is 0 Å². The minimum absolute atomic E-state index is 0.294. The first-order valence-corrected chi connectivity index (χ1v) is 5.70. The summed E-state index contributed by atoms with van der Waals surface area (Å²) in [6.45, 7) is 2.30. The van der Waals surface area contributed by atoms with Gasteiger partial charge in [-0.2, -0.15) is 0 Å². The second-order valence-electron chi connectivity index (χ2n) is 3.80. The van der Waals surface area contributed by atoms with Crippen molar-refractivity contribution in [3.05, 3.63) is 58.6 Å². The molecule has 3 heteroatoms. The summed E-state index contributed by atoms with van der Waals surface area (Å²) in [6, 6.07) is 12.6. The van der Waals surface area contributed by atoms with E-state index in [1.807, 2.05) is 31.2 Å². The standard InChI is InChI=1S/C14H13ClO2/c1-10-11(3-2-4-14(10)16)9-17-13-7-5-12(15)6-8-13/h2-8,16H,9H2,1H3. The molecule has 2 aromatic rings. The molecule has 0 bridgehead atoms. The van der Waals surface area contributed by atoms with E-state index in [1.165, 1.54) is 0 Å². The van der Waals surface area contributed by atoms with Crippen molar-refractivity contribution in [2.75, 3.05) is 0 Å². The number of hydrogen-bond donors (Lipinski definition) is 1. The molecule has 2 nitrogen and oxygen atoms in total. The highest BCUT2D eigenvalue weighted by molar-refractivity contribution is 6.30. The Morgan fingerprint density at radius 1 is 1.12 bits per heavy atom. The smallest absolute Gasteiger partial charge is 0.119 e. The van der Waals surface area contributed by atoms with Gasteiger partial charge in [-0.05, 0) is 48.4 Å². The van der Waals surface area contributed by atoms with Crippen LogP contribution in [-0.4, -0.2) is 5.11 Å². The molecule has 0 aliphatic rings. The molecule has 0 saturated heterocycles. The van der Waals surface area contributed by atoms with Crippen molar-refractivity contribution < 1.29 is 9.84 Å². The van der Waals surface area contributed by atoms with Crippen LogP contribution in [0, 0.1) is 6.92 Å². The van der Waals surface area contributed by atoms with Crippen LogP contribution in [0.25, 0.3) is 0 Å². The molecular formula is C14H13ClO2. The quantitative estimate of drug-likeness (QED) is 0.892. The van der Waals surface area contributed by atoms with Crippen LogP contribution >= 0.6 is 11.6 Å². The van der Waals surface area contributed by atoms with Crippen molar-refractivity contribution in [3.8, 4) is 11.5 Å². The summed E-state index contributed by atoms with van der Waals surface area (Å²) < 4.78 is 5.61. The molecule has 1 N–H and O–H groups in total. The molecule has 0 spiro atoms. The molecule has 17 heavy (non-hydrogen) atoms. The fourth-order valence-corrected chi connectivity index (χ4v) is 1.64. The third kappa shape index (κ3) is 2.92. The Hall–Kier alpha value is -1.67. The number of ether oxygens (including phenoxy) is 1. The normalized spacial score (nSPS) is 10.2. The number of aromatic hydroxyl groups is 1. The van der Waals surface area contributed by atoms with Crippen LogP contribution in [0.5, 0.6) is 11.5 Å². The van der Waals surface area contributed by atoms with Crippen LogP contribution in [0.2, 0.25) is 5.02 Å². The Labute approximate surface area is 105 Å². The van der Waals surface area contributed by atoms with E-state index in [2.05, 4.69) is 0 Å². The molecule has 0 aromatic heterocycles. The Kier molecular flexibility index (Phi) is 3.55. The largest absolute Gasteiger partial charge is 0.508 e. The van der Waals surface area contributed by atoms with Crippen LogP contribution in [-0.2, 0) is 6.61 Å². The first-order valence-electron chi connectivity index (χ1n) is 5.32. The minimum Gasteiger partial charge on any atom is -0.508 e. The number of phenols is 1. The number of halogens is 1. The van der Waals surface area contributed by atoms with Crippen molar-refractivity contribution in [1.82, 2.24) is 0 Å². The van der Waals surface area contributed by atoms with Crippen molar-refractivity contribution in [2.45, 2.75) is 13.5 Å². The summed E-state index contributed by atoms with van der Waals surface area (Å²) in [7, 11) is 0. The fraction of sp³-hybridized carbons (Fsp3) is 0.143. The lowest BCUT2D eigenvalue weighted by atomic mass is 10.1. The zero-order valence-corrected chi connectivity index (χ0v) is 10.2. The maximum atomic E-state index is 9.56. The molecule has 0 heterocycles. The van der Waals surface area contributed by atoms with Gasteiger partial charge in [-0.3, -0.25) is 0 Å². The molecule has 0 amide bonds. The lowest BCUT2D eigenvalue weighted by molar-refractivity contribution is 0.304. The molecular weight excluding hydrogens is 236 g/mol. The van der Waals surface area contributed by atoms with Gasteiger partial charge in [0.1, 0.15) is 18.1 Å². The van der Waals surface area contributed by atoms with Crippen molar-refractivity contribution in [1.29, 1.82) is 0 Å². The molecule has 88 valence electrons. The van der Waals surface area contributed by atoms with Gasteiger partial charge in [0.25, 0.3) is 0 Å². The van der Waals surface area contributed by atoms with Gasteiger partial charge in [-0.1, -0.05) is 23.7 Å². The predicted molar refractivity (Wildman–Crippen MR) is 68.6 cm³/mol. The van der Waals surface area contributed by atoms with Gasteiger partial charge in [0.05, 0.1) is 0 Å². The predicted octanol–water partition coefficient (Wildman–Crippen LogP) is 3.93. The third-order valence-electron chi connectivity index (χ3n) is 2.63. The van der Waals surface area contributed by atoms with Gasteiger partial charge in [0, 0.05) is 5.02 Å². The molecule has 0 unspecified atom stereocenters. The molecule has 0 fully saturated rings. The van der Waals surface area contributed by atoms with Crippen molar-refractivity contribution in [3.63, 3.8) is 0 Å². The van der Waals surface area contributed by atoms with Gasteiger partial charge < -0.3 is 9.84 Å². The van der Waals surface area contributed by atoms with Crippen LogP contribution in [0.15, 0.2) is 42.5 Å². The SMILES string of the molecule is Cc1c(O)cccc1COc1ccc(Cl)cc1. The number of hydrogen-bond acceptors (Lipinski definition) is 2. The van der Waals surface area contributed by atoms with E-state index in [9.17, 15) is 5.11 Å². The molecule has 2 rings (SSSR count). The second-order valence-corrected chi connectivity index (χ2v) is 4.24. The van der Waals surface area contributed by atoms with E-state index < -0.39 is 0 Å². The molecule has 0 saturated carbocycles. The first-order chi connectivity index (χ1) is 8.16. The third-order valence-corrected chi connectivity index (χ3v) is 2.88. The van der Waals surface area contributed by atoms with Gasteiger partial charge in [0.15, 0.2) is 0 Å². The van der Waals surface area contributed by atoms with Gasteiger partial charge in [-0.25, -0.2) is 0 Å². The highest BCUT2D eigenvalue weighted by atomic mass is 35.5. The monoisotopic (exact) mass is 248 g/mol. The van der Waals surface area contributed by atoms with E-state index in [4.69, 9.17) is 16.3 Å². The molecule has 2 aromatic carbocycles. The van der Waals surface area contributed by atoms with Gasteiger partial charge >= 0.3 is 0 Å². The van der Waals surface area contributed by atoms with E-state index >= 15 is 0 Å². The zero-order valence-electron chi connectivity index (χ0n) is 9.48. The summed E-state index contributed by atoms with van der Waals surface area (Å²) in [5, 5.41) is 10.2. The van der Waals surface area contributed by atoms with Crippen LogP contribution in [0.3, 0.4) is 0 Å².